The van der Waals surface area contributed by atoms with Crippen LogP contribution in [-0.4, -0.2) is 60.7 Å². The number of carbonyl (C=O) groups excluding carboxylic acids is 5. The summed E-state index contributed by atoms with van der Waals surface area (Å²) in [6.07, 6.45) is 5.42. The third-order valence-electron chi connectivity index (χ3n) is 7.93. The Labute approximate surface area is 209 Å². The SMILES string of the molecule is BC(=O)[C@H](C)NC(=O)C(NC(=O)CCCCCN1C(=O)C2C3C=C(C(C)C)C(C3)C2C1=O)C(C)C. The number of nitrogens with one attached hydrogen (secondary N) is 2. The number of likely N-dealkylation sites (tertiary alicyclic amines) is 1. The molecule has 9 heteroatoms. The number of imide groups is 1. The van der Waals surface area contributed by atoms with Gasteiger partial charge in [-0.15, -0.1) is 0 Å². The Hall–Kier alpha value is -2.45. The van der Waals surface area contributed by atoms with E-state index in [1.54, 1.807) is 6.92 Å². The summed E-state index contributed by atoms with van der Waals surface area (Å²) < 4.78 is 0. The fraction of sp³-hybridized carbons (Fsp3) is 0.731. The summed E-state index contributed by atoms with van der Waals surface area (Å²) in [5.41, 5.74) is 1.20. The molecule has 2 N–H and O–H groups in total. The maximum atomic E-state index is 13.0. The van der Waals surface area contributed by atoms with Gasteiger partial charge in [0.1, 0.15) is 11.7 Å². The van der Waals surface area contributed by atoms with Gasteiger partial charge in [-0.05, 0) is 49.9 Å². The van der Waals surface area contributed by atoms with Crippen LogP contribution in [0.2, 0.25) is 0 Å². The molecule has 0 aromatic rings. The summed E-state index contributed by atoms with van der Waals surface area (Å²) in [6.45, 7) is 10.0. The van der Waals surface area contributed by atoms with E-state index < -0.39 is 12.1 Å². The van der Waals surface area contributed by atoms with Crippen LogP contribution in [0, 0.1) is 35.5 Å². The molecule has 0 aromatic carbocycles. The van der Waals surface area contributed by atoms with Gasteiger partial charge in [-0.25, -0.2) is 0 Å². The molecule has 0 radical (unpaired) electrons. The molecule has 6 atom stereocenters. The van der Waals surface area contributed by atoms with E-state index in [2.05, 4.69) is 30.6 Å². The summed E-state index contributed by atoms with van der Waals surface area (Å²) in [6, 6.07) is -1.30. The lowest BCUT2D eigenvalue weighted by Gasteiger charge is -2.24. The Morgan fingerprint density at radius 1 is 1.00 bits per heavy atom. The highest BCUT2D eigenvalue weighted by molar-refractivity contribution is 6.59. The van der Waals surface area contributed by atoms with Gasteiger partial charge < -0.3 is 15.4 Å². The average Bonchev–Trinajstić information content (AvgIpc) is 3.44. The van der Waals surface area contributed by atoms with Crippen LogP contribution in [0.5, 0.6) is 0 Å². The number of hydrogen-bond acceptors (Lipinski definition) is 5. The fourth-order valence-corrected chi connectivity index (χ4v) is 5.88. The smallest absolute Gasteiger partial charge is 0.243 e. The standard InChI is InChI=1S/C26H40BN3O5/c1-13(2)17-11-16-12-18(17)21-20(16)25(34)30(26(21)35)10-8-6-7-9-19(31)29-22(14(3)4)24(33)28-15(5)23(27)32/h11,13-16,18,20-22H,6-10,12,27H2,1-5H3,(H,28,33)(H,29,31)/t15-,16?,18?,20?,21?,22?/m0/s1. The maximum absolute atomic E-state index is 13.0. The molecule has 8 nitrogen and oxygen atoms in total. The first-order valence-electron chi connectivity index (χ1n) is 13.1. The minimum atomic E-state index is -0.705. The summed E-state index contributed by atoms with van der Waals surface area (Å²) in [5, 5.41) is 5.42. The zero-order chi connectivity index (χ0) is 26.0. The van der Waals surface area contributed by atoms with E-state index in [-0.39, 0.29) is 65.3 Å². The molecule has 2 aliphatic carbocycles. The second-order valence-electron chi connectivity index (χ2n) is 11.1. The molecule has 1 saturated carbocycles. The van der Waals surface area contributed by atoms with Crippen molar-refractivity contribution in [1.82, 2.24) is 15.5 Å². The Kier molecular flexibility index (Phi) is 8.60. The first kappa shape index (κ1) is 27.1. The van der Waals surface area contributed by atoms with Crippen LogP contribution in [0.25, 0.3) is 0 Å². The number of rotatable bonds is 12. The molecule has 0 spiro atoms. The van der Waals surface area contributed by atoms with Crippen LogP contribution in [0.15, 0.2) is 11.6 Å². The Morgan fingerprint density at radius 3 is 2.26 bits per heavy atom. The minimum absolute atomic E-state index is 0.0120. The van der Waals surface area contributed by atoms with Gasteiger partial charge in [-0.1, -0.05) is 45.8 Å². The van der Waals surface area contributed by atoms with Crippen molar-refractivity contribution in [3.63, 3.8) is 0 Å². The minimum Gasteiger partial charge on any atom is -0.346 e. The quantitative estimate of drug-likeness (QED) is 0.187. The van der Waals surface area contributed by atoms with Crippen LogP contribution >= 0.6 is 0 Å². The zero-order valence-corrected chi connectivity index (χ0v) is 21.9. The number of hydrogen-bond donors (Lipinski definition) is 2. The average molecular weight is 485 g/mol. The molecular formula is C26H40BN3O5. The van der Waals surface area contributed by atoms with E-state index >= 15 is 0 Å². The van der Waals surface area contributed by atoms with Crippen molar-refractivity contribution >= 4 is 37.2 Å². The highest BCUT2D eigenvalue weighted by Gasteiger charge is 2.61. The van der Waals surface area contributed by atoms with Crippen LogP contribution in [0.1, 0.15) is 66.7 Å². The van der Waals surface area contributed by atoms with Gasteiger partial charge in [0, 0.05) is 13.0 Å². The third-order valence-corrected chi connectivity index (χ3v) is 7.93. The molecule has 5 unspecified atom stereocenters. The zero-order valence-electron chi connectivity index (χ0n) is 21.9. The first-order valence-corrected chi connectivity index (χ1v) is 13.1. The Balaban J connectivity index is 1.41. The van der Waals surface area contributed by atoms with Gasteiger partial charge in [0.25, 0.3) is 0 Å². The summed E-state index contributed by atoms with van der Waals surface area (Å²) >= 11 is 0. The van der Waals surface area contributed by atoms with E-state index in [0.29, 0.717) is 31.7 Å². The number of carbonyl (C=O) groups is 5. The van der Waals surface area contributed by atoms with Crippen molar-refractivity contribution in [2.75, 3.05) is 6.54 Å². The normalized spacial score (nSPS) is 26.7. The molecule has 192 valence electrons. The fourth-order valence-electron chi connectivity index (χ4n) is 5.88. The molecule has 3 rings (SSSR count). The molecule has 1 saturated heterocycles. The number of nitrogens with zero attached hydrogens (tertiary/aromatic N) is 1. The van der Waals surface area contributed by atoms with Crippen molar-refractivity contribution < 1.29 is 24.0 Å². The van der Waals surface area contributed by atoms with Gasteiger partial charge in [0.15, 0.2) is 7.85 Å². The highest BCUT2D eigenvalue weighted by Crippen LogP contribution is 2.56. The highest BCUT2D eigenvalue weighted by atomic mass is 16.2. The molecule has 2 bridgehead atoms. The number of amides is 4. The number of unbranched alkanes of at least 4 members (excludes halogenated alkanes) is 2. The van der Waals surface area contributed by atoms with Gasteiger partial charge in [0.2, 0.25) is 23.6 Å². The summed E-state index contributed by atoms with van der Waals surface area (Å²) in [4.78, 5) is 63.8. The van der Waals surface area contributed by atoms with Gasteiger partial charge in [-0.3, -0.25) is 24.1 Å². The van der Waals surface area contributed by atoms with Gasteiger partial charge in [-0.2, -0.15) is 0 Å². The van der Waals surface area contributed by atoms with Crippen LogP contribution < -0.4 is 10.6 Å². The van der Waals surface area contributed by atoms with Crippen molar-refractivity contribution in [2.45, 2.75) is 78.8 Å². The van der Waals surface area contributed by atoms with Gasteiger partial charge >= 0.3 is 0 Å². The van der Waals surface area contributed by atoms with Gasteiger partial charge in [0.05, 0.1) is 17.9 Å². The largest absolute Gasteiger partial charge is 0.346 e. The maximum Gasteiger partial charge on any atom is 0.243 e. The lowest BCUT2D eigenvalue weighted by molar-refractivity contribution is -0.140. The van der Waals surface area contributed by atoms with Crippen LogP contribution in [-0.2, 0) is 24.0 Å². The number of allylic oxidation sites excluding steroid dienone is 2. The van der Waals surface area contributed by atoms with E-state index in [1.165, 1.54) is 18.3 Å². The monoisotopic (exact) mass is 485 g/mol. The topological polar surface area (TPSA) is 113 Å². The molecule has 4 amide bonds. The van der Waals surface area contributed by atoms with Crippen molar-refractivity contribution in [3.8, 4) is 0 Å². The lowest BCUT2D eigenvalue weighted by atomic mass is 9.78. The number of fused-ring (bicyclic) bond motifs is 5. The van der Waals surface area contributed by atoms with E-state index in [9.17, 15) is 24.0 Å². The second-order valence-corrected chi connectivity index (χ2v) is 11.1. The molecular weight excluding hydrogens is 445 g/mol. The molecule has 3 aliphatic rings. The predicted molar refractivity (Wildman–Crippen MR) is 135 cm³/mol. The van der Waals surface area contributed by atoms with E-state index in [4.69, 9.17) is 0 Å². The van der Waals surface area contributed by atoms with Crippen LogP contribution in [0.3, 0.4) is 0 Å². The van der Waals surface area contributed by atoms with E-state index in [1.807, 2.05) is 13.8 Å². The molecule has 1 aliphatic heterocycles. The van der Waals surface area contributed by atoms with E-state index in [0.717, 1.165) is 6.42 Å². The van der Waals surface area contributed by atoms with Crippen molar-refractivity contribution in [3.05, 3.63) is 11.6 Å². The summed E-state index contributed by atoms with van der Waals surface area (Å²) in [5.74, 6) is -0.249. The second kappa shape index (κ2) is 11.1. The van der Waals surface area contributed by atoms with Crippen LogP contribution in [0.4, 0.5) is 0 Å². The molecule has 0 aromatic heterocycles. The van der Waals surface area contributed by atoms with Crippen molar-refractivity contribution in [2.24, 2.45) is 35.5 Å². The molecule has 35 heavy (non-hydrogen) atoms. The first-order chi connectivity index (χ1) is 16.4. The Bertz CT molecular complexity index is 915. The Morgan fingerprint density at radius 2 is 1.66 bits per heavy atom. The molecule has 2 fully saturated rings. The predicted octanol–water partition coefficient (Wildman–Crippen LogP) is 1.19. The summed E-state index contributed by atoms with van der Waals surface area (Å²) in [7, 11) is 1.41. The molecule has 1 heterocycles. The van der Waals surface area contributed by atoms with Crippen molar-refractivity contribution in [1.29, 1.82) is 0 Å². The lowest BCUT2D eigenvalue weighted by Crippen LogP contribution is -2.53. The third kappa shape index (κ3) is 5.70.